The van der Waals surface area contributed by atoms with Gasteiger partial charge in [-0.1, -0.05) is 166 Å². The zero-order chi connectivity index (χ0) is 34.1. The predicted molar refractivity (Wildman–Crippen MR) is 212 cm³/mol. The van der Waals surface area contributed by atoms with Crippen LogP contribution >= 0.6 is 0 Å². The molecule has 0 amide bonds. The summed E-state index contributed by atoms with van der Waals surface area (Å²) < 4.78 is 0. The second-order valence-electron chi connectivity index (χ2n) is 14.0. The molecule has 51 heavy (non-hydrogen) atoms. The van der Waals surface area contributed by atoms with Crippen molar-refractivity contribution < 1.29 is 0 Å². The Bertz CT molecular complexity index is 2830. The molecule has 1 aliphatic rings. The van der Waals surface area contributed by atoms with E-state index in [1.807, 2.05) is 18.2 Å². The van der Waals surface area contributed by atoms with Gasteiger partial charge in [0.1, 0.15) is 0 Å². The molecule has 1 heterocycles. The third-order valence-corrected chi connectivity index (χ3v) is 10.7. The summed E-state index contributed by atoms with van der Waals surface area (Å²) in [4.78, 5) is 15.9. The fraction of sp³-hybridized carbons (Fsp3) is 0.0625. The fourth-order valence-electron chi connectivity index (χ4n) is 8.21. The Morgan fingerprint density at radius 1 is 0.373 bits per heavy atom. The van der Waals surface area contributed by atoms with E-state index in [0.717, 1.165) is 49.4 Å². The third kappa shape index (κ3) is 4.62. The molecule has 3 heteroatoms. The van der Waals surface area contributed by atoms with Crippen LogP contribution in [-0.4, -0.2) is 15.0 Å². The molecule has 0 saturated heterocycles. The van der Waals surface area contributed by atoms with Crippen molar-refractivity contribution in [1.82, 2.24) is 15.0 Å². The summed E-state index contributed by atoms with van der Waals surface area (Å²) in [5, 5.41) is 6.95. The highest BCUT2D eigenvalue weighted by Crippen LogP contribution is 2.50. The van der Waals surface area contributed by atoms with Crippen molar-refractivity contribution in [1.29, 1.82) is 0 Å². The van der Waals surface area contributed by atoms with Gasteiger partial charge in [-0.25, -0.2) is 15.0 Å². The molecule has 0 aliphatic heterocycles. The lowest BCUT2D eigenvalue weighted by Gasteiger charge is -2.21. The maximum atomic E-state index is 5.40. The Labute approximate surface area is 297 Å². The Hall–Kier alpha value is -6.45. The molecular formula is C48H33N3. The van der Waals surface area contributed by atoms with E-state index in [4.69, 9.17) is 15.0 Å². The quantitative estimate of drug-likeness (QED) is 0.140. The Morgan fingerprint density at radius 2 is 0.980 bits per heavy atom. The van der Waals surface area contributed by atoms with Gasteiger partial charge < -0.3 is 0 Å². The minimum atomic E-state index is -0.0525. The largest absolute Gasteiger partial charge is 0.208 e. The lowest BCUT2D eigenvalue weighted by molar-refractivity contribution is 0.660. The number of benzene rings is 8. The average molecular weight is 652 g/mol. The smallest absolute Gasteiger partial charge is 0.165 e. The van der Waals surface area contributed by atoms with Crippen LogP contribution in [0.4, 0.5) is 0 Å². The number of fused-ring (bicyclic) bond motifs is 7. The molecule has 9 aromatic rings. The van der Waals surface area contributed by atoms with Crippen molar-refractivity contribution in [3.63, 3.8) is 0 Å². The molecule has 10 rings (SSSR count). The van der Waals surface area contributed by atoms with Crippen molar-refractivity contribution in [2.75, 3.05) is 0 Å². The standard InChI is InChI=1S/C48H33N3/c1-48(2)41-23-13-12-21-38(41)40-29-33(26-27-42(40)48)35-18-10-11-22-39(35)46-49-45(31-15-4-3-5-16-31)50-47(51-46)44-37-20-9-7-17-32(37)28-34-25-24-30-14-6-8-19-36(30)43(34)44/h3-29H,1-2H3. The monoisotopic (exact) mass is 651 g/mol. The second kappa shape index (κ2) is 11.3. The highest BCUT2D eigenvalue weighted by molar-refractivity contribution is 6.21. The molecule has 0 unspecified atom stereocenters. The molecule has 0 fully saturated rings. The fourth-order valence-corrected chi connectivity index (χ4v) is 8.21. The summed E-state index contributed by atoms with van der Waals surface area (Å²) in [6, 6.07) is 58.4. The first-order valence-corrected chi connectivity index (χ1v) is 17.5. The van der Waals surface area contributed by atoms with E-state index >= 15 is 0 Å². The van der Waals surface area contributed by atoms with Crippen molar-refractivity contribution >= 4 is 32.3 Å². The molecule has 0 radical (unpaired) electrons. The van der Waals surface area contributed by atoms with Gasteiger partial charge in [-0.05, 0) is 72.4 Å². The summed E-state index contributed by atoms with van der Waals surface area (Å²) in [7, 11) is 0. The first-order chi connectivity index (χ1) is 25.0. The van der Waals surface area contributed by atoms with Crippen molar-refractivity contribution in [2.24, 2.45) is 0 Å². The van der Waals surface area contributed by atoms with Gasteiger partial charge in [0.05, 0.1) is 0 Å². The van der Waals surface area contributed by atoms with Crippen molar-refractivity contribution in [3.8, 4) is 56.4 Å². The number of nitrogens with zero attached hydrogens (tertiary/aromatic N) is 3. The molecular weight excluding hydrogens is 619 g/mol. The van der Waals surface area contributed by atoms with E-state index in [2.05, 4.69) is 159 Å². The summed E-state index contributed by atoms with van der Waals surface area (Å²) in [5.74, 6) is 1.96. The Kier molecular flexibility index (Phi) is 6.53. The van der Waals surface area contributed by atoms with E-state index in [1.54, 1.807) is 0 Å². The van der Waals surface area contributed by atoms with Crippen LogP contribution in [0.1, 0.15) is 25.0 Å². The van der Waals surface area contributed by atoms with Gasteiger partial charge >= 0.3 is 0 Å². The van der Waals surface area contributed by atoms with Gasteiger partial charge in [0, 0.05) is 27.5 Å². The number of hydrogen-bond donors (Lipinski definition) is 0. The first-order valence-electron chi connectivity index (χ1n) is 17.5. The summed E-state index contributed by atoms with van der Waals surface area (Å²) in [6.45, 7) is 4.64. The highest BCUT2D eigenvalue weighted by Gasteiger charge is 2.35. The van der Waals surface area contributed by atoms with Crippen LogP contribution in [0.5, 0.6) is 0 Å². The number of rotatable bonds is 4. The van der Waals surface area contributed by atoms with Gasteiger partial charge in [0.25, 0.3) is 0 Å². The van der Waals surface area contributed by atoms with E-state index < -0.39 is 0 Å². The minimum absolute atomic E-state index is 0.0525. The van der Waals surface area contributed by atoms with Crippen LogP contribution < -0.4 is 0 Å². The molecule has 0 N–H and O–H groups in total. The molecule has 3 nitrogen and oxygen atoms in total. The first kappa shape index (κ1) is 29.5. The molecule has 0 spiro atoms. The van der Waals surface area contributed by atoms with E-state index in [1.165, 1.54) is 33.0 Å². The average Bonchev–Trinajstić information content (AvgIpc) is 3.42. The van der Waals surface area contributed by atoms with Crippen LogP contribution in [0, 0.1) is 0 Å². The number of hydrogen-bond acceptors (Lipinski definition) is 3. The lowest BCUT2D eigenvalue weighted by atomic mass is 9.82. The van der Waals surface area contributed by atoms with Crippen LogP contribution in [0.2, 0.25) is 0 Å². The zero-order valence-electron chi connectivity index (χ0n) is 28.4. The van der Waals surface area contributed by atoms with Crippen LogP contribution in [0.15, 0.2) is 164 Å². The van der Waals surface area contributed by atoms with Crippen LogP contribution in [0.3, 0.4) is 0 Å². The molecule has 8 aromatic carbocycles. The zero-order valence-corrected chi connectivity index (χ0v) is 28.4. The maximum Gasteiger partial charge on any atom is 0.165 e. The lowest BCUT2D eigenvalue weighted by Crippen LogP contribution is -2.14. The molecule has 1 aliphatic carbocycles. The van der Waals surface area contributed by atoms with Crippen molar-refractivity contribution in [3.05, 3.63) is 175 Å². The Morgan fingerprint density at radius 3 is 1.82 bits per heavy atom. The van der Waals surface area contributed by atoms with Crippen LogP contribution in [-0.2, 0) is 5.41 Å². The summed E-state index contributed by atoms with van der Waals surface area (Å²) >= 11 is 0. The molecule has 0 atom stereocenters. The van der Waals surface area contributed by atoms with Gasteiger partial charge in [-0.15, -0.1) is 0 Å². The SMILES string of the molecule is CC1(C)c2ccccc2-c2cc(-c3ccccc3-c3nc(-c4ccccc4)nc(-c4c5ccccc5cc5ccc6ccccc6c45)n3)ccc21. The van der Waals surface area contributed by atoms with Gasteiger partial charge in [0.15, 0.2) is 17.5 Å². The van der Waals surface area contributed by atoms with Gasteiger partial charge in [-0.2, -0.15) is 0 Å². The van der Waals surface area contributed by atoms with E-state index in [0.29, 0.717) is 17.5 Å². The normalized spacial score (nSPS) is 13.1. The highest BCUT2D eigenvalue weighted by atomic mass is 15.0. The molecule has 1 aromatic heterocycles. The number of aromatic nitrogens is 3. The summed E-state index contributed by atoms with van der Waals surface area (Å²) in [5.41, 5.74) is 10.4. The predicted octanol–water partition coefficient (Wildman–Crippen LogP) is 12.3. The second-order valence-corrected chi connectivity index (χ2v) is 14.0. The summed E-state index contributed by atoms with van der Waals surface area (Å²) in [6.07, 6.45) is 0. The molecule has 0 bridgehead atoms. The van der Waals surface area contributed by atoms with E-state index in [-0.39, 0.29) is 5.41 Å². The topological polar surface area (TPSA) is 38.7 Å². The van der Waals surface area contributed by atoms with Gasteiger partial charge in [0.2, 0.25) is 0 Å². The molecule has 240 valence electrons. The minimum Gasteiger partial charge on any atom is -0.208 e. The van der Waals surface area contributed by atoms with Gasteiger partial charge in [-0.3, -0.25) is 0 Å². The third-order valence-electron chi connectivity index (χ3n) is 10.7. The molecule has 0 saturated carbocycles. The Balaban J connectivity index is 1.25. The maximum absolute atomic E-state index is 5.40. The van der Waals surface area contributed by atoms with Crippen molar-refractivity contribution in [2.45, 2.75) is 19.3 Å². The van der Waals surface area contributed by atoms with E-state index in [9.17, 15) is 0 Å². The van der Waals surface area contributed by atoms with Crippen LogP contribution in [0.25, 0.3) is 88.7 Å².